The summed E-state index contributed by atoms with van der Waals surface area (Å²) >= 11 is 0. The van der Waals surface area contributed by atoms with Gasteiger partial charge in [-0.05, 0) is 12.1 Å². The van der Waals surface area contributed by atoms with E-state index in [-0.39, 0.29) is 11.8 Å². The fraction of sp³-hybridized carbons (Fsp3) is 0.429. The molecule has 0 bridgehead atoms. The number of morpholine rings is 1. The Hall–Kier alpha value is -1.92. The van der Waals surface area contributed by atoms with Gasteiger partial charge in [0, 0.05) is 25.1 Å². The summed E-state index contributed by atoms with van der Waals surface area (Å²) in [6.07, 6.45) is 0.407. The number of nitrogens with one attached hydrogen (secondary N) is 2. The van der Waals surface area contributed by atoms with Crippen molar-refractivity contribution in [1.82, 2.24) is 10.4 Å². The van der Waals surface area contributed by atoms with E-state index < -0.39 is 0 Å². The van der Waals surface area contributed by atoms with Crippen molar-refractivity contribution in [3.8, 4) is 0 Å². The smallest absolute Gasteiger partial charge is 0.333 e. The van der Waals surface area contributed by atoms with Gasteiger partial charge in [0.1, 0.15) is 0 Å². The first-order chi connectivity index (χ1) is 9.70. The SMILES string of the molecule is CCC(=O)c1ccccc1NC(=O)NN1CCOCC1. The molecule has 1 saturated heterocycles. The quantitative estimate of drug-likeness (QED) is 0.821. The summed E-state index contributed by atoms with van der Waals surface area (Å²) in [6, 6.07) is 6.67. The third-order valence-corrected chi connectivity index (χ3v) is 3.07. The van der Waals surface area contributed by atoms with Crippen molar-refractivity contribution in [2.45, 2.75) is 13.3 Å². The van der Waals surface area contributed by atoms with Crippen molar-refractivity contribution in [3.63, 3.8) is 0 Å². The minimum atomic E-state index is -0.344. The molecule has 6 heteroatoms. The van der Waals surface area contributed by atoms with E-state index in [0.717, 1.165) is 0 Å². The molecule has 0 spiro atoms. The van der Waals surface area contributed by atoms with Gasteiger partial charge in [-0.1, -0.05) is 19.1 Å². The highest BCUT2D eigenvalue weighted by molar-refractivity contribution is 6.04. The number of nitrogens with zero attached hydrogens (tertiary/aromatic N) is 1. The number of hydrogen-bond donors (Lipinski definition) is 2. The molecule has 2 rings (SSSR count). The van der Waals surface area contributed by atoms with Crippen molar-refractivity contribution < 1.29 is 14.3 Å². The maximum Gasteiger partial charge on any atom is 0.333 e. The van der Waals surface area contributed by atoms with E-state index in [0.29, 0.717) is 44.0 Å². The van der Waals surface area contributed by atoms with Crippen molar-refractivity contribution in [2.24, 2.45) is 0 Å². The number of ketones is 1. The van der Waals surface area contributed by atoms with E-state index in [9.17, 15) is 9.59 Å². The van der Waals surface area contributed by atoms with Crippen LogP contribution in [0, 0.1) is 0 Å². The number of hydrogen-bond acceptors (Lipinski definition) is 4. The van der Waals surface area contributed by atoms with Gasteiger partial charge in [-0.25, -0.2) is 9.80 Å². The zero-order valence-corrected chi connectivity index (χ0v) is 11.5. The summed E-state index contributed by atoms with van der Waals surface area (Å²) < 4.78 is 5.21. The van der Waals surface area contributed by atoms with Crippen molar-refractivity contribution >= 4 is 17.5 Å². The molecule has 0 aliphatic carbocycles. The van der Waals surface area contributed by atoms with Crippen LogP contribution in [0.4, 0.5) is 10.5 Å². The van der Waals surface area contributed by atoms with E-state index in [1.807, 2.05) is 0 Å². The second-order valence-corrected chi connectivity index (χ2v) is 4.49. The normalized spacial score (nSPS) is 15.7. The Morgan fingerprint density at radius 3 is 2.65 bits per heavy atom. The van der Waals surface area contributed by atoms with Gasteiger partial charge in [-0.2, -0.15) is 0 Å². The molecule has 0 aromatic heterocycles. The highest BCUT2D eigenvalue weighted by Crippen LogP contribution is 2.16. The lowest BCUT2D eigenvalue weighted by Crippen LogP contribution is -2.49. The van der Waals surface area contributed by atoms with Gasteiger partial charge in [-0.3, -0.25) is 10.2 Å². The summed E-state index contributed by atoms with van der Waals surface area (Å²) in [7, 11) is 0. The van der Waals surface area contributed by atoms with Crippen LogP contribution in [0.2, 0.25) is 0 Å². The summed E-state index contributed by atoms with van der Waals surface area (Å²) in [6.45, 7) is 4.31. The Morgan fingerprint density at radius 1 is 1.25 bits per heavy atom. The zero-order chi connectivity index (χ0) is 14.4. The molecule has 1 aromatic rings. The van der Waals surface area contributed by atoms with Crippen LogP contribution in [0.3, 0.4) is 0 Å². The monoisotopic (exact) mass is 277 g/mol. The lowest BCUT2D eigenvalue weighted by Gasteiger charge is -2.27. The molecule has 20 heavy (non-hydrogen) atoms. The van der Waals surface area contributed by atoms with Gasteiger partial charge in [0.15, 0.2) is 5.78 Å². The summed E-state index contributed by atoms with van der Waals surface area (Å²) in [5, 5.41) is 4.51. The topological polar surface area (TPSA) is 70.7 Å². The first kappa shape index (κ1) is 14.5. The molecule has 1 fully saturated rings. The molecule has 1 aromatic carbocycles. The minimum Gasteiger partial charge on any atom is -0.379 e. The van der Waals surface area contributed by atoms with E-state index in [2.05, 4.69) is 10.7 Å². The summed E-state index contributed by atoms with van der Waals surface area (Å²) in [5.41, 5.74) is 3.81. The highest BCUT2D eigenvalue weighted by Gasteiger charge is 2.15. The van der Waals surface area contributed by atoms with Crippen LogP contribution in [0.25, 0.3) is 0 Å². The predicted octanol–water partition coefficient (Wildman–Crippen LogP) is 1.65. The van der Waals surface area contributed by atoms with Crippen LogP contribution in [-0.4, -0.2) is 43.1 Å². The first-order valence-corrected chi connectivity index (χ1v) is 6.73. The van der Waals surface area contributed by atoms with E-state index in [4.69, 9.17) is 4.74 Å². The third kappa shape index (κ3) is 3.79. The zero-order valence-electron chi connectivity index (χ0n) is 11.5. The molecule has 6 nitrogen and oxygen atoms in total. The molecule has 0 unspecified atom stereocenters. The second-order valence-electron chi connectivity index (χ2n) is 4.49. The standard InChI is InChI=1S/C14H19N3O3/c1-2-13(18)11-5-3-4-6-12(11)15-14(19)16-17-7-9-20-10-8-17/h3-6H,2,7-10H2,1H3,(H2,15,16,19). The number of para-hydroxylation sites is 1. The third-order valence-electron chi connectivity index (χ3n) is 3.07. The van der Waals surface area contributed by atoms with Crippen LogP contribution in [0.15, 0.2) is 24.3 Å². The van der Waals surface area contributed by atoms with Crippen LogP contribution in [-0.2, 0) is 4.74 Å². The lowest BCUT2D eigenvalue weighted by molar-refractivity contribution is 0.0207. The number of amides is 2. The molecule has 1 aliphatic heterocycles. The van der Waals surface area contributed by atoms with Crippen molar-refractivity contribution in [1.29, 1.82) is 0 Å². The average molecular weight is 277 g/mol. The fourth-order valence-corrected chi connectivity index (χ4v) is 1.99. The number of hydrazine groups is 1. The van der Waals surface area contributed by atoms with Gasteiger partial charge < -0.3 is 10.1 Å². The van der Waals surface area contributed by atoms with Crippen LogP contribution >= 0.6 is 0 Å². The molecule has 108 valence electrons. The van der Waals surface area contributed by atoms with Crippen molar-refractivity contribution in [2.75, 3.05) is 31.6 Å². The Kier molecular flexibility index (Phi) is 5.09. The first-order valence-electron chi connectivity index (χ1n) is 6.73. The number of anilines is 1. The van der Waals surface area contributed by atoms with Crippen LogP contribution in [0.5, 0.6) is 0 Å². The van der Waals surface area contributed by atoms with Crippen LogP contribution in [0.1, 0.15) is 23.7 Å². The van der Waals surface area contributed by atoms with Gasteiger partial charge in [0.2, 0.25) is 0 Å². The minimum absolute atomic E-state index is 0.00673. The number of Topliss-reactive ketones (excluding diaryl/α,β-unsaturated/α-hetero) is 1. The Bertz CT molecular complexity index is 484. The number of benzene rings is 1. The number of carbonyl (C=O) groups excluding carboxylic acids is 2. The molecule has 2 amide bonds. The predicted molar refractivity (Wildman–Crippen MR) is 75.6 cm³/mol. The average Bonchev–Trinajstić information content (AvgIpc) is 2.48. The molecule has 0 atom stereocenters. The van der Waals surface area contributed by atoms with Gasteiger partial charge in [0.25, 0.3) is 0 Å². The maximum absolute atomic E-state index is 11.9. The summed E-state index contributed by atoms with van der Waals surface area (Å²) in [5.74, 6) is 0.00673. The maximum atomic E-state index is 11.9. The Balaban J connectivity index is 1.98. The van der Waals surface area contributed by atoms with Gasteiger partial charge in [0.05, 0.1) is 18.9 Å². The van der Waals surface area contributed by atoms with E-state index >= 15 is 0 Å². The Morgan fingerprint density at radius 2 is 1.95 bits per heavy atom. The molecule has 2 N–H and O–H groups in total. The Labute approximate surface area is 118 Å². The molecule has 1 heterocycles. The largest absolute Gasteiger partial charge is 0.379 e. The number of rotatable bonds is 4. The molecule has 0 radical (unpaired) electrons. The molecule has 0 saturated carbocycles. The van der Waals surface area contributed by atoms with E-state index in [1.165, 1.54) is 0 Å². The molecular formula is C14H19N3O3. The molecule has 1 aliphatic rings. The van der Waals surface area contributed by atoms with Gasteiger partial charge >= 0.3 is 6.03 Å². The van der Waals surface area contributed by atoms with Crippen LogP contribution < -0.4 is 10.7 Å². The lowest BCUT2D eigenvalue weighted by atomic mass is 10.1. The highest BCUT2D eigenvalue weighted by atomic mass is 16.5. The summed E-state index contributed by atoms with van der Waals surface area (Å²) in [4.78, 5) is 23.7. The fourth-order valence-electron chi connectivity index (χ4n) is 1.99. The number of urea groups is 1. The number of ether oxygens (including phenoxy) is 1. The van der Waals surface area contributed by atoms with Gasteiger partial charge in [-0.15, -0.1) is 0 Å². The second kappa shape index (κ2) is 7.02. The van der Waals surface area contributed by atoms with Crippen molar-refractivity contribution in [3.05, 3.63) is 29.8 Å². The number of carbonyl (C=O) groups is 2. The molecular weight excluding hydrogens is 258 g/mol. The van der Waals surface area contributed by atoms with E-state index in [1.54, 1.807) is 36.2 Å².